The first-order valence-electron chi connectivity index (χ1n) is 10.6. The minimum absolute atomic E-state index is 0.131. The molecule has 7 nitrogen and oxygen atoms in total. The number of nitrogens with zero attached hydrogens (tertiary/aromatic N) is 2. The second-order valence-corrected chi connectivity index (χ2v) is 9.93. The smallest absolute Gasteiger partial charge is 0.357 e. The van der Waals surface area contributed by atoms with Gasteiger partial charge in [0.1, 0.15) is 6.07 Å². The molecule has 4 fully saturated rings. The zero-order valence-electron chi connectivity index (χ0n) is 17.5. The zero-order chi connectivity index (χ0) is 21.5. The highest BCUT2D eigenvalue weighted by molar-refractivity contribution is 6.24. The predicted octanol–water partition coefficient (Wildman–Crippen LogP) is 3.70. The van der Waals surface area contributed by atoms with Gasteiger partial charge in [-0.3, -0.25) is 4.79 Å². The van der Waals surface area contributed by atoms with Gasteiger partial charge in [0.15, 0.2) is 5.69 Å². The van der Waals surface area contributed by atoms with Crippen LogP contribution >= 0.6 is 11.6 Å². The van der Waals surface area contributed by atoms with Gasteiger partial charge in [0.05, 0.1) is 29.9 Å². The summed E-state index contributed by atoms with van der Waals surface area (Å²) in [4.78, 5) is 26.0. The number of carbonyl (C=O) groups is 2. The van der Waals surface area contributed by atoms with Crippen molar-refractivity contribution in [3.63, 3.8) is 0 Å². The molecule has 4 aliphatic rings. The number of hydrogen-bond donors (Lipinski definition) is 1. The van der Waals surface area contributed by atoms with Crippen LogP contribution in [0.15, 0.2) is 6.20 Å². The summed E-state index contributed by atoms with van der Waals surface area (Å²) in [5.74, 6) is 0.249. The van der Waals surface area contributed by atoms with Crippen LogP contribution in [-0.2, 0) is 20.8 Å². The summed E-state index contributed by atoms with van der Waals surface area (Å²) in [6, 6.07) is 2.11. The highest BCUT2D eigenvalue weighted by Crippen LogP contribution is 2.64. The first-order chi connectivity index (χ1) is 14.3. The van der Waals surface area contributed by atoms with E-state index in [0.717, 1.165) is 32.1 Å². The van der Waals surface area contributed by atoms with Crippen LogP contribution < -0.4 is 5.32 Å². The van der Waals surface area contributed by atoms with Crippen LogP contribution in [0.2, 0.25) is 0 Å². The van der Waals surface area contributed by atoms with Crippen LogP contribution in [0.5, 0.6) is 0 Å². The number of anilines is 1. The van der Waals surface area contributed by atoms with Gasteiger partial charge in [0, 0.05) is 24.7 Å². The van der Waals surface area contributed by atoms with Crippen molar-refractivity contribution in [2.24, 2.45) is 17.3 Å². The molecular weight excluding hydrogens is 406 g/mol. The largest absolute Gasteiger partial charge is 0.461 e. The van der Waals surface area contributed by atoms with Crippen molar-refractivity contribution < 1.29 is 19.1 Å². The molecule has 30 heavy (non-hydrogen) atoms. The summed E-state index contributed by atoms with van der Waals surface area (Å²) in [5, 5.41) is 12.6. The van der Waals surface area contributed by atoms with Crippen LogP contribution in [0, 0.1) is 28.6 Å². The average molecular weight is 434 g/mol. The molecule has 1 N–H and O–H groups in total. The molecule has 0 aromatic carbocycles. The van der Waals surface area contributed by atoms with E-state index in [-0.39, 0.29) is 34.3 Å². The molecule has 0 spiro atoms. The number of hydrogen-bond acceptors (Lipinski definition) is 5. The Bertz CT molecular complexity index is 889. The maximum absolute atomic E-state index is 13.6. The van der Waals surface area contributed by atoms with Gasteiger partial charge in [-0.25, -0.2) is 4.79 Å². The van der Waals surface area contributed by atoms with E-state index in [4.69, 9.17) is 21.1 Å². The van der Waals surface area contributed by atoms with Gasteiger partial charge in [-0.15, -0.1) is 11.6 Å². The van der Waals surface area contributed by atoms with Crippen molar-refractivity contribution in [1.29, 1.82) is 5.26 Å². The Morgan fingerprint density at radius 3 is 2.60 bits per heavy atom. The molecule has 1 heterocycles. The molecule has 8 heteroatoms. The number of rotatable bonds is 7. The number of aromatic nitrogens is 1. The number of methoxy groups -OCH3 is 1. The second kappa shape index (κ2) is 7.90. The van der Waals surface area contributed by atoms with E-state index in [0.29, 0.717) is 31.4 Å². The van der Waals surface area contributed by atoms with Crippen molar-refractivity contribution in [2.75, 3.05) is 25.6 Å². The van der Waals surface area contributed by atoms with E-state index in [9.17, 15) is 14.9 Å². The van der Waals surface area contributed by atoms with Crippen LogP contribution in [0.1, 0.15) is 61.5 Å². The van der Waals surface area contributed by atoms with E-state index < -0.39 is 11.4 Å². The average Bonchev–Trinajstić information content (AvgIpc) is 3.02. The summed E-state index contributed by atoms with van der Waals surface area (Å²) < 4.78 is 12.0. The third kappa shape index (κ3) is 3.61. The molecule has 0 saturated heterocycles. The van der Waals surface area contributed by atoms with E-state index >= 15 is 0 Å². The van der Waals surface area contributed by atoms with Crippen molar-refractivity contribution in [2.45, 2.75) is 56.9 Å². The van der Waals surface area contributed by atoms with E-state index in [1.807, 2.05) is 0 Å². The maximum Gasteiger partial charge on any atom is 0.357 e. The first kappa shape index (κ1) is 21.2. The summed E-state index contributed by atoms with van der Waals surface area (Å²) in [7, 11) is 1.57. The molecule has 4 saturated carbocycles. The number of halogens is 1. The number of esters is 1. The Hall–Kier alpha value is -2.04. The number of amides is 1. The minimum Gasteiger partial charge on any atom is -0.461 e. The van der Waals surface area contributed by atoms with Gasteiger partial charge < -0.3 is 19.4 Å². The highest BCUT2D eigenvalue weighted by Gasteiger charge is 2.60. The fourth-order valence-electron chi connectivity index (χ4n) is 6.21. The third-order valence-electron chi connectivity index (χ3n) is 6.91. The Labute approximate surface area is 181 Å². The summed E-state index contributed by atoms with van der Waals surface area (Å²) in [6.45, 7) is 2.65. The van der Waals surface area contributed by atoms with Crippen LogP contribution in [-0.4, -0.2) is 41.6 Å². The molecule has 0 radical (unpaired) electrons. The minimum atomic E-state index is -0.565. The van der Waals surface area contributed by atoms with Crippen molar-refractivity contribution in [3.05, 3.63) is 17.5 Å². The molecule has 162 valence electrons. The number of carbonyl (C=O) groups excluding carboxylic acids is 2. The van der Waals surface area contributed by atoms with Crippen LogP contribution in [0.25, 0.3) is 0 Å². The molecule has 2 unspecified atom stereocenters. The van der Waals surface area contributed by atoms with Crippen LogP contribution in [0.4, 0.5) is 5.69 Å². The summed E-state index contributed by atoms with van der Waals surface area (Å²) in [6.07, 6.45) is 6.98. The lowest BCUT2D eigenvalue weighted by Crippen LogP contribution is -2.57. The van der Waals surface area contributed by atoms with Gasteiger partial charge in [0.2, 0.25) is 5.91 Å². The highest BCUT2D eigenvalue weighted by atomic mass is 35.5. The topological polar surface area (TPSA) is 93.4 Å². The first-order valence-corrected chi connectivity index (χ1v) is 11.0. The lowest BCUT2D eigenvalue weighted by atomic mass is 9.49. The fraction of sp³-hybridized carbons (Fsp3) is 0.682. The van der Waals surface area contributed by atoms with Gasteiger partial charge >= 0.3 is 5.97 Å². The fourth-order valence-corrected chi connectivity index (χ4v) is 6.91. The molecule has 1 amide bonds. The van der Waals surface area contributed by atoms with E-state index in [1.54, 1.807) is 24.8 Å². The zero-order valence-corrected chi connectivity index (χ0v) is 18.3. The Morgan fingerprint density at radius 2 is 2.03 bits per heavy atom. The molecule has 1 aromatic heterocycles. The van der Waals surface area contributed by atoms with Gasteiger partial charge in [-0.2, -0.15) is 5.26 Å². The quantitative estimate of drug-likeness (QED) is 0.522. The Morgan fingerprint density at radius 1 is 1.33 bits per heavy atom. The molecule has 1 aromatic rings. The van der Waals surface area contributed by atoms with Gasteiger partial charge in [0.25, 0.3) is 0 Å². The number of alkyl halides is 1. The molecule has 2 atom stereocenters. The van der Waals surface area contributed by atoms with Crippen molar-refractivity contribution in [1.82, 2.24) is 4.57 Å². The summed E-state index contributed by atoms with van der Waals surface area (Å²) >= 11 is 6.89. The van der Waals surface area contributed by atoms with Crippen LogP contribution in [0.3, 0.4) is 0 Å². The van der Waals surface area contributed by atoms with E-state index in [1.165, 1.54) is 0 Å². The van der Waals surface area contributed by atoms with Gasteiger partial charge in [-0.05, 0) is 57.3 Å². The number of ether oxygens (including phenoxy) is 2. The Kier molecular flexibility index (Phi) is 5.58. The molecule has 0 aliphatic heterocycles. The number of nitriles is 1. The van der Waals surface area contributed by atoms with Gasteiger partial charge in [-0.1, -0.05) is 0 Å². The molecule has 5 rings (SSSR count). The standard InChI is InChI=1S/C22H28ClN3O4/c1-3-30-19(27)18-17(16(11-24)12-26(18)4-5-29-2)25-20(28)21-7-14-6-15(8-21)10-22(23,9-14)13-21/h12,14-15H,3-10,13H2,1-2H3,(H,25,28). The summed E-state index contributed by atoms with van der Waals surface area (Å²) in [5.41, 5.74) is 0.132. The monoisotopic (exact) mass is 433 g/mol. The predicted molar refractivity (Wildman–Crippen MR) is 111 cm³/mol. The number of nitrogens with one attached hydrogen (secondary N) is 1. The lowest BCUT2D eigenvalue weighted by molar-refractivity contribution is -0.138. The lowest BCUT2D eigenvalue weighted by Gasteiger charge is -2.59. The SMILES string of the molecule is CCOC(=O)c1c(NC(=O)C23CC4CC(CC(Cl)(C4)C2)C3)c(C#N)cn1CCOC. The van der Waals surface area contributed by atoms with Crippen molar-refractivity contribution in [3.8, 4) is 6.07 Å². The Balaban J connectivity index is 1.67. The van der Waals surface area contributed by atoms with Crippen molar-refractivity contribution >= 4 is 29.2 Å². The molecule has 4 aliphatic carbocycles. The second-order valence-electron chi connectivity index (χ2n) is 9.13. The maximum atomic E-state index is 13.6. The van der Waals surface area contributed by atoms with E-state index in [2.05, 4.69) is 11.4 Å². The molecule has 4 bridgehead atoms. The normalized spacial score (nSPS) is 31.4. The molecular formula is C22H28ClN3O4. The third-order valence-corrected chi connectivity index (χ3v) is 7.36.